The van der Waals surface area contributed by atoms with Crippen LogP contribution >= 0.6 is 0 Å². The fourth-order valence-electron chi connectivity index (χ4n) is 3.75. The van der Waals surface area contributed by atoms with Gasteiger partial charge < -0.3 is 4.42 Å². The van der Waals surface area contributed by atoms with Gasteiger partial charge in [0.1, 0.15) is 0 Å². The Morgan fingerprint density at radius 2 is 1.68 bits per heavy atom. The Morgan fingerprint density at radius 1 is 0.941 bits per heavy atom. The molecule has 2 aromatic carbocycles. The fraction of sp³-hybridized carbons (Fsp3) is 0.292. The van der Waals surface area contributed by atoms with Crippen LogP contribution in [0.1, 0.15) is 43.1 Å². The van der Waals surface area contributed by atoms with E-state index in [4.69, 9.17) is 4.42 Å². The summed E-state index contributed by atoms with van der Waals surface area (Å²) in [5, 5.41) is 5.06. The third-order valence-electron chi connectivity index (χ3n) is 5.51. The van der Waals surface area contributed by atoms with Gasteiger partial charge in [0.25, 0.3) is 11.5 Å². The summed E-state index contributed by atoms with van der Waals surface area (Å²) in [5.74, 6) is -1.69. The number of aromatic nitrogens is 3. The second-order valence-electron chi connectivity index (χ2n) is 7.87. The molecule has 176 valence electrons. The summed E-state index contributed by atoms with van der Waals surface area (Å²) in [4.78, 5) is 50.0. The van der Waals surface area contributed by atoms with Crippen LogP contribution in [0.3, 0.4) is 0 Å². The van der Waals surface area contributed by atoms with E-state index >= 15 is 0 Å². The van der Waals surface area contributed by atoms with E-state index in [1.54, 1.807) is 48.5 Å². The van der Waals surface area contributed by atoms with Gasteiger partial charge in [0, 0.05) is 24.9 Å². The van der Waals surface area contributed by atoms with Gasteiger partial charge in [-0.1, -0.05) is 50.1 Å². The van der Waals surface area contributed by atoms with Crippen molar-refractivity contribution in [2.24, 2.45) is 0 Å². The second-order valence-corrected chi connectivity index (χ2v) is 7.87. The number of nitrogens with one attached hydrogen (secondary N) is 2. The highest BCUT2D eigenvalue weighted by Gasteiger charge is 2.17. The minimum Gasteiger partial charge on any atom is -0.408 e. The molecular formula is C24H25N5O5. The number of benzene rings is 2. The minimum atomic E-state index is -0.639. The van der Waals surface area contributed by atoms with E-state index in [0.29, 0.717) is 28.4 Å². The van der Waals surface area contributed by atoms with E-state index in [1.807, 2.05) is 0 Å². The standard InChI is InChI=1S/C24H25N5O5/c1-2-3-8-14-29-23(32)17-10-5-4-9-16(17)21(27-29)22(31)26-25-20(30)13-15-28-18-11-6-7-12-19(18)34-24(28)33/h4-7,9-12H,2-3,8,13-15H2,1H3,(H,25,30)(H,26,31). The van der Waals surface area contributed by atoms with Crippen LogP contribution in [0.4, 0.5) is 0 Å². The molecule has 0 radical (unpaired) electrons. The van der Waals surface area contributed by atoms with Crippen LogP contribution in [0.15, 0.2) is 62.5 Å². The number of unbranched alkanes of at least 4 members (excludes halogenated alkanes) is 2. The zero-order chi connectivity index (χ0) is 24.1. The second kappa shape index (κ2) is 10.2. The summed E-state index contributed by atoms with van der Waals surface area (Å²) in [5.41, 5.74) is 5.52. The minimum absolute atomic E-state index is 0.0454. The molecule has 0 bridgehead atoms. The van der Waals surface area contributed by atoms with Gasteiger partial charge >= 0.3 is 5.76 Å². The number of fused-ring (bicyclic) bond motifs is 2. The molecule has 0 aliphatic heterocycles. The van der Waals surface area contributed by atoms with E-state index in [2.05, 4.69) is 22.9 Å². The van der Waals surface area contributed by atoms with Crippen LogP contribution in [0, 0.1) is 0 Å². The van der Waals surface area contributed by atoms with Crippen molar-refractivity contribution in [3.05, 3.63) is 75.1 Å². The molecule has 2 heterocycles. The average molecular weight is 463 g/mol. The predicted molar refractivity (Wildman–Crippen MR) is 126 cm³/mol. The van der Waals surface area contributed by atoms with Gasteiger partial charge in [0.2, 0.25) is 5.91 Å². The Balaban J connectivity index is 1.46. The summed E-state index contributed by atoms with van der Waals surface area (Å²) in [6, 6.07) is 13.7. The van der Waals surface area contributed by atoms with Crippen molar-refractivity contribution in [1.29, 1.82) is 0 Å². The predicted octanol–water partition coefficient (Wildman–Crippen LogP) is 2.35. The number of aryl methyl sites for hydroxylation is 2. The molecule has 0 spiro atoms. The van der Waals surface area contributed by atoms with Crippen molar-refractivity contribution < 1.29 is 14.0 Å². The van der Waals surface area contributed by atoms with E-state index in [1.165, 1.54) is 9.25 Å². The molecule has 0 aliphatic carbocycles. The highest BCUT2D eigenvalue weighted by Crippen LogP contribution is 2.14. The molecular weight excluding hydrogens is 438 g/mol. The largest absolute Gasteiger partial charge is 0.419 e. The Hall–Kier alpha value is -4.21. The molecule has 10 heteroatoms. The number of hydrogen-bond donors (Lipinski definition) is 2. The Kier molecular flexibility index (Phi) is 6.86. The topological polar surface area (TPSA) is 128 Å². The lowest BCUT2D eigenvalue weighted by Gasteiger charge is -2.12. The molecule has 10 nitrogen and oxygen atoms in total. The molecule has 4 rings (SSSR count). The summed E-state index contributed by atoms with van der Waals surface area (Å²) >= 11 is 0. The highest BCUT2D eigenvalue weighted by atomic mass is 16.4. The summed E-state index contributed by atoms with van der Waals surface area (Å²) in [7, 11) is 0. The molecule has 0 saturated heterocycles. The zero-order valence-electron chi connectivity index (χ0n) is 18.7. The third kappa shape index (κ3) is 4.75. The van der Waals surface area contributed by atoms with Gasteiger partial charge in [-0.2, -0.15) is 5.10 Å². The lowest BCUT2D eigenvalue weighted by atomic mass is 10.1. The number of hydrogen-bond acceptors (Lipinski definition) is 6. The maximum atomic E-state index is 12.8. The van der Waals surface area contributed by atoms with E-state index in [0.717, 1.165) is 19.3 Å². The molecule has 2 aromatic heterocycles. The van der Waals surface area contributed by atoms with E-state index in [-0.39, 0.29) is 24.2 Å². The molecule has 0 saturated carbocycles. The monoisotopic (exact) mass is 463 g/mol. The maximum Gasteiger partial charge on any atom is 0.419 e. The number of para-hydroxylation sites is 2. The number of nitrogens with zero attached hydrogens (tertiary/aromatic N) is 3. The smallest absolute Gasteiger partial charge is 0.408 e. The molecule has 0 fully saturated rings. The molecule has 2 N–H and O–H groups in total. The first-order valence-electron chi connectivity index (χ1n) is 11.2. The lowest BCUT2D eigenvalue weighted by Crippen LogP contribution is -2.43. The quantitative estimate of drug-likeness (QED) is 0.305. The normalized spacial score (nSPS) is 11.1. The Bertz CT molecular complexity index is 1470. The number of rotatable bonds is 8. The number of amides is 2. The van der Waals surface area contributed by atoms with Crippen molar-refractivity contribution in [3.63, 3.8) is 0 Å². The molecule has 4 aromatic rings. The van der Waals surface area contributed by atoms with Gasteiger partial charge in [0.05, 0.1) is 10.9 Å². The zero-order valence-corrected chi connectivity index (χ0v) is 18.7. The van der Waals surface area contributed by atoms with Gasteiger partial charge in [-0.3, -0.25) is 29.8 Å². The summed E-state index contributed by atoms with van der Waals surface area (Å²) in [6.07, 6.45) is 2.63. The number of hydrazine groups is 1. The molecule has 0 atom stereocenters. The molecule has 2 amide bonds. The van der Waals surface area contributed by atoms with Crippen molar-refractivity contribution >= 4 is 33.7 Å². The Morgan fingerprint density at radius 3 is 2.47 bits per heavy atom. The first-order valence-corrected chi connectivity index (χ1v) is 11.2. The summed E-state index contributed by atoms with van der Waals surface area (Å²) in [6.45, 7) is 2.54. The number of carbonyl (C=O) groups excluding carboxylic acids is 2. The number of oxazole rings is 1. The van der Waals surface area contributed by atoms with Crippen LogP contribution in [0.5, 0.6) is 0 Å². The van der Waals surface area contributed by atoms with Gasteiger partial charge in [-0.25, -0.2) is 9.48 Å². The third-order valence-corrected chi connectivity index (χ3v) is 5.51. The van der Waals surface area contributed by atoms with Gasteiger partial charge in [-0.05, 0) is 24.6 Å². The maximum absolute atomic E-state index is 12.8. The SMILES string of the molecule is CCCCCn1nc(C(=O)NNC(=O)CCn2c(=O)oc3ccccc32)c2ccccc2c1=O. The van der Waals surface area contributed by atoms with Crippen molar-refractivity contribution in [2.45, 2.75) is 45.7 Å². The van der Waals surface area contributed by atoms with Crippen LogP contribution in [-0.2, 0) is 17.9 Å². The van der Waals surface area contributed by atoms with Gasteiger partial charge in [0.15, 0.2) is 11.3 Å². The van der Waals surface area contributed by atoms with Crippen molar-refractivity contribution in [1.82, 2.24) is 25.2 Å². The molecule has 0 unspecified atom stereocenters. The van der Waals surface area contributed by atoms with E-state index < -0.39 is 17.6 Å². The van der Waals surface area contributed by atoms with Crippen LogP contribution < -0.4 is 22.2 Å². The average Bonchev–Trinajstić information content (AvgIpc) is 3.17. The molecule has 0 aliphatic rings. The summed E-state index contributed by atoms with van der Waals surface area (Å²) < 4.78 is 7.81. The van der Waals surface area contributed by atoms with E-state index in [9.17, 15) is 19.2 Å². The van der Waals surface area contributed by atoms with Gasteiger partial charge in [-0.15, -0.1) is 0 Å². The first-order chi connectivity index (χ1) is 16.5. The molecule has 34 heavy (non-hydrogen) atoms. The first kappa shape index (κ1) is 23.0. The highest BCUT2D eigenvalue weighted by molar-refractivity contribution is 6.05. The fourth-order valence-corrected chi connectivity index (χ4v) is 3.75. The van der Waals surface area contributed by atoms with Crippen LogP contribution in [0.25, 0.3) is 21.9 Å². The van der Waals surface area contributed by atoms with Crippen LogP contribution in [-0.4, -0.2) is 26.2 Å². The number of carbonyl (C=O) groups is 2. The van der Waals surface area contributed by atoms with Crippen molar-refractivity contribution in [3.8, 4) is 0 Å². The Labute approximate surface area is 194 Å². The van der Waals surface area contributed by atoms with Crippen LogP contribution in [0.2, 0.25) is 0 Å². The lowest BCUT2D eigenvalue weighted by molar-refractivity contribution is -0.122. The van der Waals surface area contributed by atoms with Crippen molar-refractivity contribution in [2.75, 3.05) is 0 Å².